The minimum absolute atomic E-state index is 0.0613. The van der Waals surface area contributed by atoms with Gasteiger partial charge in [0, 0.05) is 43.3 Å². The zero-order chi connectivity index (χ0) is 22.4. The Hall–Kier alpha value is -3.49. The van der Waals surface area contributed by atoms with E-state index < -0.39 is 11.7 Å². The van der Waals surface area contributed by atoms with E-state index in [1.54, 1.807) is 17.2 Å². The second-order valence-electron chi connectivity index (χ2n) is 6.88. The average molecular weight is 429 g/mol. The van der Waals surface area contributed by atoms with Crippen LogP contribution in [0.15, 0.2) is 61.1 Å². The maximum Gasteiger partial charge on any atom is 0.419 e. The van der Waals surface area contributed by atoms with Gasteiger partial charge in [-0.25, -0.2) is 9.97 Å². The zero-order valence-corrected chi connectivity index (χ0v) is 17.1. The molecule has 2 aromatic heterocycles. The summed E-state index contributed by atoms with van der Waals surface area (Å²) >= 11 is 0. The van der Waals surface area contributed by atoms with E-state index in [4.69, 9.17) is 0 Å². The van der Waals surface area contributed by atoms with Crippen molar-refractivity contribution >= 4 is 11.9 Å². The fraction of sp³-hybridized carbons (Fsp3) is 0.273. The summed E-state index contributed by atoms with van der Waals surface area (Å²) in [6.07, 6.45) is -1.46. The van der Waals surface area contributed by atoms with E-state index in [9.17, 15) is 18.0 Å². The molecule has 9 heteroatoms. The number of pyridine rings is 1. The van der Waals surface area contributed by atoms with Crippen molar-refractivity contribution in [3.05, 3.63) is 72.3 Å². The van der Waals surface area contributed by atoms with E-state index >= 15 is 0 Å². The fourth-order valence-corrected chi connectivity index (χ4v) is 3.13. The summed E-state index contributed by atoms with van der Waals surface area (Å²) in [5, 5.41) is 2.89. The number of likely N-dealkylation sites (N-methyl/N-ethyl adjacent to an activating group) is 1. The summed E-state index contributed by atoms with van der Waals surface area (Å²) in [6, 6.07) is 12.9. The van der Waals surface area contributed by atoms with Crippen molar-refractivity contribution in [2.75, 3.05) is 18.4 Å². The lowest BCUT2D eigenvalue weighted by atomic mass is 10.0. The first-order valence-electron chi connectivity index (χ1n) is 9.75. The number of hydrogen-bond donors (Lipinski definition) is 1. The van der Waals surface area contributed by atoms with Crippen LogP contribution in [-0.2, 0) is 6.18 Å². The van der Waals surface area contributed by atoms with Gasteiger partial charge < -0.3 is 10.2 Å². The number of rotatable bonds is 7. The molecular formula is C22H22F3N5O. The van der Waals surface area contributed by atoms with Crippen LogP contribution < -0.4 is 5.32 Å². The summed E-state index contributed by atoms with van der Waals surface area (Å²) in [5.41, 5.74) is 1.05. The molecule has 3 aromatic rings. The number of hydrogen-bond acceptors (Lipinski definition) is 5. The van der Waals surface area contributed by atoms with Crippen molar-refractivity contribution < 1.29 is 18.0 Å². The first kappa shape index (κ1) is 22.2. The van der Waals surface area contributed by atoms with Crippen LogP contribution in [0.1, 0.15) is 29.9 Å². The SMILES string of the molecule is CCN(C(=O)c1ncccc1-c1ccccc1)C(C)CNc1ncc(C(F)(F)F)cn1. The number of halogens is 3. The Morgan fingerprint density at radius 2 is 1.74 bits per heavy atom. The average Bonchev–Trinajstić information content (AvgIpc) is 2.78. The third kappa shape index (κ3) is 5.36. The van der Waals surface area contributed by atoms with Crippen LogP contribution in [0.4, 0.5) is 19.1 Å². The molecule has 0 aliphatic heterocycles. The summed E-state index contributed by atoms with van der Waals surface area (Å²) < 4.78 is 37.9. The molecule has 0 fully saturated rings. The second kappa shape index (κ2) is 9.55. The molecule has 6 nitrogen and oxygen atoms in total. The van der Waals surface area contributed by atoms with Crippen molar-refractivity contribution in [2.24, 2.45) is 0 Å². The first-order chi connectivity index (χ1) is 14.8. The van der Waals surface area contributed by atoms with Crippen LogP contribution in [0.25, 0.3) is 11.1 Å². The van der Waals surface area contributed by atoms with E-state index in [-0.39, 0.29) is 24.4 Å². The normalized spacial score (nSPS) is 12.3. The lowest BCUT2D eigenvalue weighted by Gasteiger charge is -2.28. The lowest BCUT2D eigenvalue weighted by molar-refractivity contribution is -0.138. The number of alkyl halides is 3. The summed E-state index contributed by atoms with van der Waals surface area (Å²) in [7, 11) is 0. The Labute approximate surface area is 178 Å². The van der Waals surface area contributed by atoms with Crippen molar-refractivity contribution in [2.45, 2.75) is 26.1 Å². The third-order valence-corrected chi connectivity index (χ3v) is 4.76. The Bertz CT molecular complexity index is 1010. The molecule has 2 heterocycles. The molecule has 0 saturated carbocycles. The third-order valence-electron chi connectivity index (χ3n) is 4.76. The molecule has 1 unspecified atom stereocenters. The van der Waals surface area contributed by atoms with Crippen LogP contribution in [0, 0.1) is 0 Å². The van der Waals surface area contributed by atoms with Gasteiger partial charge in [0.1, 0.15) is 5.69 Å². The highest BCUT2D eigenvalue weighted by molar-refractivity contribution is 5.99. The monoisotopic (exact) mass is 429 g/mol. The molecule has 1 atom stereocenters. The van der Waals surface area contributed by atoms with Crippen LogP contribution in [-0.4, -0.2) is 44.9 Å². The topological polar surface area (TPSA) is 71.0 Å². The molecular weight excluding hydrogens is 407 g/mol. The quantitative estimate of drug-likeness (QED) is 0.598. The minimum atomic E-state index is -4.49. The molecule has 1 N–H and O–H groups in total. The van der Waals surface area contributed by atoms with Gasteiger partial charge in [-0.2, -0.15) is 13.2 Å². The number of nitrogens with one attached hydrogen (secondary N) is 1. The lowest BCUT2D eigenvalue weighted by Crippen LogP contribution is -2.42. The van der Waals surface area contributed by atoms with Gasteiger partial charge in [-0.05, 0) is 25.5 Å². The number of anilines is 1. The summed E-state index contributed by atoms with van der Waals surface area (Å²) in [6.45, 7) is 4.39. The molecule has 0 spiro atoms. The minimum Gasteiger partial charge on any atom is -0.352 e. The van der Waals surface area contributed by atoms with Gasteiger partial charge in [0.25, 0.3) is 5.91 Å². The molecule has 0 bridgehead atoms. The van der Waals surface area contributed by atoms with Crippen molar-refractivity contribution in [3.8, 4) is 11.1 Å². The molecule has 31 heavy (non-hydrogen) atoms. The van der Waals surface area contributed by atoms with Gasteiger partial charge in [0.2, 0.25) is 5.95 Å². The molecule has 0 radical (unpaired) electrons. The molecule has 0 aliphatic rings. The number of carbonyl (C=O) groups is 1. The van der Waals surface area contributed by atoms with Crippen molar-refractivity contribution in [3.63, 3.8) is 0 Å². The molecule has 1 amide bonds. The standard InChI is InChI=1S/C22H22F3N5O/c1-3-30(15(2)12-27-21-28-13-17(14-29-21)22(23,24)25)20(31)19-18(10-7-11-26-19)16-8-5-4-6-9-16/h4-11,13-15H,3,12H2,1-2H3,(H,27,28,29). The number of amides is 1. The largest absolute Gasteiger partial charge is 0.419 e. The fourth-order valence-electron chi connectivity index (χ4n) is 3.13. The molecule has 3 rings (SSSR count). The zero-order valence-electron chi connectivity index (χ0n) is 17.1. The van der Waals surface area contributed by atoms with E-state index in [1.165, 1.54) is 0 Å². The van der Waals surface area contributed by atoms with Crippen molar-refractivity contribution in [1.82, 2.24) is 19.9 Å². The maximum atomic E-state index is 13.3. The molecule has 0 saturated heterocycles. The van der Waals surface area contributed by atoms with Crippen LogP contribution in [0.3, 0.4) is 0 Å². The Balaban J connectivity index is 1.73. The Morgan fingerprint density at radius 1 is 1.06 bits per heavy atom. The summed E-state index contributed by atoms with van der Waals surface area (Å²) in [5.74, 6) is -0.171. The smallest absolute Gasteiger partial charge is 0.352 e. The van der Waals surface area contributed by atoms with Crippen molar-refractivity contribution in [1.29, 1.82) is 0 Å². The molecule has 1 aromatic carbocycles. The Morgan fingerprint density at radius 3 is 2.35 bits per heavy atom. The molecule has 0 aliphatic carbocycles. The van der Waals surface area contributed by atoms with Gasteiger partial charge >= 0.3 is 6.18 Å². The van der Waals surface area contributed by atoms with Crippen LogP contribution >= 0.6 is 0 Å². The number of carbonyl (C=O) groups excluding carboxylic acids is 1. The van der Waals surface area contributed by atoms with E-state index in [0.717, 1.165) is 23.5 Å². The summed E-state index contributed by atoms with van der Waals surface area (Å²) in [4.78, 5) is 26.6. The van der Waals surface area contributed by atoms with Gasteiger partial charge in [-0.1, -0.05) is 36.4 Å². The van der Waals surface area contributed by atoms with E-state index in [2.05, 4.69) is 20.3 Å². The van der Waals surface area contributed by atoms with Gasteiger partial charge in [-0.3, -0.25) is 9.78 Å². The highest BCUT2D eigenvalue weighted by Crippen LogP contribution is 2.28. The number of benzene rings is 1. The molecule has 162 valence electrons. The van der Waals surface area contributed by atoms with Crippen LogP contribution in [0.5, 0.6) is 0 Å². The van der Waals surface area contributed by atoms with E-state index in [0.29, 0.717) is 12.2 Å². The second-order valence-corrected chi connectivity index (χ2v) is 6.88. The highest BCUT2D eigenvalue weighted by Gasteiger charge is 2.31. The maximum absolute atomic E-state index is 13.3. The predicted octanol–water partition coefficient (Wildman–Crippen LogP) is 4.52. The van der Waals surface area contributed by atoms with Crippen LogP contribution in [0.2, 0.25) is 0 Å². The van der Waals surface area contributed by atoms with E-state index in [1.807, 2.05) is 50.2 Å². The number of aromatic nitrogens is 3. The predicted molar refractivity (Wildman–Crippen MR) is 111 cm³/mol. The first-order valence-corrected chi connectivity index (χ1v) is 9.75. The van der Waals surface area contributed by atoms with Gasteiger partial charge in [0.05, 0.1) is 5.56 Å². The van der Waals surface area contributed by atoms with Gasteiger partial charge in [0.15, 0.2) is 0 Å². The number of nitrogens with zero attached hydrogens (tertiary/aromatic N) is 4. The van der Waals surface area contributed by atoms with Gasteiger partial charge in [-0.15, -0.1) is 0 Å². The highest BCUT2D eigenvalue weighted by atomic mass is 19.4. The Kier molecular flexibility index (Phi) is 6.84.